The van der Waals surface area contributed by atoms with Crippen molar-refractivity contribution < 1.29 is 28.8 Å². The van der Waals surface area contributed by atoms with Crippen LogP contribution < -0.4 is 26.6 Å². The molecule has 1 aliphatic rings. The molecule has 3 aromatic rings. The lowest BCUT2D eigenvalue weighted by Crippen LogP contribution is -2.59. The summed E-state index contributed by atoms with van der Waals surface area (Å²) in [6, 6.07) is 11.9. The van der Waals surface area contributed by atoms with Crippen LogP contribution in [0.15, 0.2) is 60.8 Å². The summed E-state index contributed by atoms with van der Waals surface area (Å²) in [5.41, 5.74) is 1.91. The van der Waals surface area contributed by atoms with Crippen LogP contribution in [0, 0.1) is 5.92 Å². The first-order valence-electron chi connectivity index (χ1n) is 15.9. The Morgan fingerprint density at radius 3 is 2.31 bits per heavy atom. The minimum atomic E-state index is -1.10. The highest BCUT2D eigenvalue weighted by Gasteiger charge is 2.32. The number of benzene rings is 2. The highest BCUT2D eigenvalue weighted by Crippen LogP contribution is 2.11. The average molecular weight is 659 g/mol. The highest BCUT2D eigenvalue weighted by molar-refractivity contribution is 5.99. The van der Waals surface area contributed by atoms with Crippen molar-refractivity contribution in [2.24, 2.45) is 5.92 Å². The number of hydrogen-bond acceptors (Lipinski definition) is 8. The molecule has 1 aliphatic heterocycles. The smallest absolute Gasteiger partial charge is 0.272 e. The van der Waals surface area contributed by atoms with E-state index >= 15 is 0 Å². The van der Waals surface area contributed by atoms with E-state index in [0.717, 1.165) is 5.56 Å². The molecule has 2 aromatic carbocycles. The zero-order valence-electron chi connectivity index (χ0n) is 27.5. The lowest BCUT2D eigenvalue weighted by atomic mass is 10.0. The van der Waals surface area contributed by atoms with Gasteiger partial charge in [-0.25, -0.2) is 4.98 Å². The van der Waals surface area contributed by atoms with E-state index in [4.69, 9.17) is 0 Å². The molecule has 1 aromatic heterocycles. The van der Waals surface area contributed by atoms with Gasteiger partial charge in [-0.15, -0.1) is 0 Å². The number of nitrogens with zero attached hydrogens (tertiary/aromatic N) is 3. The molecule has 1 fully saturated rings. The van der Waals surface area contributed by atoms with Crippen molar-refractivity contribution in [1.82, 2.24) is 41.5 Å². The van der Waals surface area contributed by atoms with E-state index in [2.05, 4.69) is 36.6 Å². The number of nitrogens with one attached hydrogen (secondary N) is 5. The molecule has 1 saturated heterocycles. The minimum Gasteiger partial charge on any atom is -0.355 e. The van der Waals surface area contributed by atoms with Crippen molar-refractivity contribution in [3.63, 3.8) is 0 Å². The van der Waals surface area contributed by atoms with Gasteiger partial charge in [0.2, 0.25) is 29.5 Å². The Morgan fingerprint density at radius 2 is 1.60 bits per heavy atom. The Hall–Kier alpha value is -5.40. The lowest BCUT2D eigenvalue weighted by Gasteiger charge is -2.28. The van der Waals surface area contributed by atoms with Gasteiger partial charge in [0.1, 0.15) is 29.9 Å². The molecule has 254 valence electrons. The molecule has 14 heteroatoms. The molecular formula is C34H42N8O6. The summed E-state index contributed by atoms with van der Waals surface area (Å²) in [6.07, 6.45) is 1.88. The molecule has 14 nitrogen and oxygen atoms in total. The van der Waals surface area contributed by atoms with Crippen molar-refractivity contribution in [3.05, 3.63) is 72.1 Å². The van der Waals surface area contributed by atoms with Crippen LogP contribution >= 0.6 is 0 Å². The topological polar surface area (TPSA) is 192 Å². The molecule has 4 atom stereocenters. The fourth-order valence-corrected chi connectivity index (χ4v) is 5.22. The summed E-state index contributed by atoms with van der Waals surface area (Å²) in [7, 11) is 1.47. The number of rotatable bonds is 5. The van der Waals surface area contributed by atoms with Crippen LogP contribution in [0.1, 0.15) is 49.7 Å². The summed E-state index contributed by atoms with van der Waals surface area (Å²) in [6.45, 7) is 4.81. The van der Waals surface area contributed by atoms with Gasteiger partial charge in [-0.2, -0.15) is 0 Å². The SMILES string of the molecule is CC(C)[C@H]1NC(=O)[C@@H](NC(=O)c2cnc3ccccc3n2)CCCNC(=O)CN(C)C(=O)[C@H](Cc2ccccc2)NC(=O)[C@@H](C)NC1=O. The molecule has 0 unspecified atom stereocenters. The molecule has 4 rings (SSSR count). The van der Waals surface area contributed by atoms with E-state index in [1.807, 2.05) is 30.3 Å². The summed E-state index contributed by atoms with van der Waals surface area (Å²) in [5, 5.41) is 13.5. The number of fused-ring (bicyclic) bond motifs is 1. The molecule has 0 radical (unpaired) electrons. The third kappa shape index (κ3) is 9.56. The summed E-state index contributed by atoms with van der Waals surface area (Å²) >= 11 is 0. The molecule has 5 N–H and O–H groups in total. The number of amides is 6. The van der Waals surface area contributed by atoms with E-state index in [9.17, 15) is 28.8 Å². The van der Waals surface area contributed by atoms with Gasteiger partial charge in [-0.1, -0.05) is 56.3 Å². The number of aromatic nitrogens is 2. The number of hydrogen-bond donors (Lipinski definition) is 5. The number of likely N-dealkylation sites (N-methyl/N-ethyl adjacent to an activating group) is 1. The molecule has 2 heterocycles. The van der Waals surface area contributed by atoms with Crippen LogP contribution in [0.25, 0.3) is 11.0 Å². The zero-order chi connectivity index (χ0) is 34.8. The fourth-order valence-electron chi connectivity index (χ4n) is 5.22. The van der Waals surface area contributed by atoms with Gasteiger partial charge in [-0.3, -0.25) is 33.8 Å². The molecular weight excluding hydrogens is 616 g/mol. The van der Waals surface area contributed by atoms with E-state index < -0.39 is 65.5 Å². The molecule has 0 aliphatic carbocycles. The summed E-state index contributed by atoms with van der Waals surface area (Å²) in [4.78, 5) is 89.6. The first-order chi connectivity index (χ1) is 22.9. The van der Waals surface area contributed by atoms with Gasteiger partial charge in [-0.05, 0) is 43.4 Å². The van der Waals surface area contributed by atoms with Crippen LogP contribution in [0.3, 0.4) is 0 Å². The first kappa shape index (κ1) is 35.5. The van der Waals surface area contributed by atoms with Crippen LogP contribution in [0.5, 0.6) is 0 Å². The van der Waals surface area contributed by atoms with Crippen molar-refractivity contribution >= 4 is 46.5 Å². The fraction of sp³-hybridized carbons (Fsp3) is 0.412. The van der Waals surface area contributed by atoms with Gasteiger partial charge < -0.3 is 31.5 Å². The van der Waals surface area contributed by atoms with Gasteiger partial charge >= 0.3 is 0 Å². The number of para-hydroxylation sites is 2. The van der Waals surface area contributed by atoms with Gasteiger partial charge in [0.05, 0.1) is 23.8 Å². The van der Waals surface area contributed by atoms with E-state index in [-0.39, 0.29) is 38.0 Å². The van der Waals surface area contributed by atoms with E-state index in [0.29, 0.717) is 11.0 Å². The largest absolute Gasteiger partial charge is 0.355 e. The maximum Gasteiger partial charge on any atom is 0.272 e. The monoisotopic (exact) mass is 658 g/mol. The maximum atomic E-state index is 13.6. The average Bonchev–Trinajstić information content (AvgIpc) is 3.07. The normalized spacial score (nSPS) is 22.2. The Kier molecular flexibility index (Phi) is 12.1. The van der Waals surface area contributed by atoms with Crippen LogP contribution in [-0.2, 0) is 30.4 Å². The Bertz CT molecular complexity index is 1650. The predicted molar refractivity (Wildman–Crippen MR) is 177 cm³/mol. The maximum absolute atomic E-state index is 13.6. The molecule has 0 saturated carbocycles. The van der Waals surface area contributed by atoms with Crippen LogP contribution in [0.4, 0.5) is 0 Å². The van der Waals surface area contributed by atoms with Crippen molar-refractivity contribution in [1.29, 1.82) is 0 Å². The molecule has 0 bridgehead atoms. The molecule has 0 spiro atoms. The van der Waals surface area contributed by atoms with Gasteiger partial charge in [0.15, 0.2) is 0 Å². The third-order valence-corrected chi connectivity index (χ3v) is 7.95. The third-order valence-electron chi connectivity index (χ3n) is 7.95. The first-order valence-corrected chi connectivity index (χ1v) is 15.9. The summed E-state index contributed by atoms with van der Waals surface area (Å²) < 4.78 is 0. The quantitative estimate of drug-likeness (QED) is 0.261. The van der Waals surface area contributed by atoms with Gasteiger partial charge in [0.25, 0.3) is 5.91 Å². The van der Waals surface area contributed by atoms with E-state index in [1.165, 1.54) is 25.1 Å². The second kappa shape index (κ2) is 16.4. The Labute approximate surface area is 278 Å². The van der Waals surface area contributed by atoms with Crippen molar-refractivity contribution in [2.75, 3.05) is 20.1 Å². The minimum absolute atomic E-state index is 0.00511. The zero-order valence-corrected chi connectivity index (χ0v) is 27.5. The second-order valence-corrected chi connectivity index (χ2v) is 12.2. The van der Waals surface area contributed by atoms with Crippen molar-refractivity contribution in [3.8, 4) is 0 Å². The second-order valence-electron chi connectivity index (χ2n) is 12.2. The number of carbonyl (C=O) groups excluding carboxylic acids is 6. The van der Waals surface area contributed by atoms with Crippen LogP contribution in [0.2, 0.25) is 0 Å². The van der Waals surface area contributed by atoms with E-state index in [1.54, 1.807) is 38.1 Å². The van der Waals surface area contributed by atoms with Crippen LogP contribution in [-0.4, -0.2) is 94.6 Å². The summed E-state index contributed by atoms with van der Waals surface area (Å²) in [5.74, 6) is -3.79. The molecule has 6 amide bonds. The Morgan fingerprint density at radius 1 is 0.917 bits per heavy atom. The molecule has 48 heavy (non-hydrogen) atoms. The number of carbonyl (C=O) groups is 6. The Balaban J connectivity index is 1.55. The standard InChI is InChI=1S/C34H42N8O6/c1-20(2)29-33(47)37-21(3)30(44)40-26(17-22-11-6-5-7-12-22)34(48)42(4)19-28(43)35-16-10-15-25(31(45)41-29)39-32(46)27-18-36-23-13-8-9-14-24(23)38-27/h5-9,11-14,18,20-21,25-26,29H,10,15-17,19H2,1-4H3,(H,35,43)(H,37,47)(H,39,46)(H,40,44)(H,41,45)/t21-,25+,26+,29-/m1/s1. The predicted octanol–water partition coefficient (Wildman–Crippen LogP) is 0.470. The highest BCUT2D eigenvalue weighted by atomic mass is 16.2. The van der Waals surface area contributed by atoms with Gasteiger partial charge in [0, 0.05) is 20.0 Å². The van der Waals surface area contributed by atoms with Crippen molar-refractivity contribution in [2.45, 2.75) is 64.2 Å². The lowest BCUT2D eigenvalue weighted by molar-refractivity contribution is -0.139.